The van der Waals surface area contributed by atoms with Crippen LogP contribution >= 0.6 is 0 Å². The molecule has 36 heavy (non-hydrogen) atoms. The van der Waals surface area contributed by atoms with Crippen LogP contribution in [0.25, 0.3) is 0 Å². The van der Waals surface area contributed by atoms with Gasteiger partial charge >= 0.3 is 0 Å². The van der Waals surface area contributed by atoms with Crippen molar-refractivity contribution in [3.05, 3.63) is 120 Å². The third-order valence-electron chi connectivity index (χ3n) is 6.35. The molecule has 188 valence electrons. The molecule has 2 aromatic rings. The molecule has 4 rings (SSSR count). The Bertz CT molecular complexity index is 1150. The first kappa shape index (κ1) is 27.1. The van der Waals surface area contributed by atoms with Crippen molar-refractivity contribution in [2.75, 3.05) is 21.3 Å². The molecule has 5 nitrogen and oxygen atoms in total. The van der Waals surface area contributed by atoms with Gasteiger partial charge in [0.1, 0.15) is 5.76 Å². The van der Waals surface area contributed by atoms with Crippen LogP contribution in [-0.4, -0.2) is 38.7 Å². The standard InChI is InChI=1S/C16H18O2.C15H16O3/c1-16(2)11-13(9-10-14(16)18-3)15(17)12-7-5-4-6-8-12;1-17-15(18-2)10-8-13(9-11-15)14(16)12-6-4-3-5-7-12/h4-10H,11H2,1-3H3;3-11,13H,1-2H3. The smallest absolute Gasteiger partial charge is 0.207 e. The lowest BCUT2D eigenvalue weighted by atomic mass is 9.78. The van der Waals surface area contributed by atoms with E-state index in [4.69, 9.17) is 14.2 Å². The van der Waals surface area contributed by atoms with Crippen LogP contribution in [-0.2, 0) is 14.2 Å². The average Bonchev–Trinajstić information content (AvgIpc) is 2.93. The Morgan fingerprint density at radius 3 is 1.78 bits per heavy atom. The molecule has 0 spiro atoms. The summed E-state index contributed by atoms with van der Waals surface area (Å²) in [5, 5.41) is 0. The summed E-state index contributed by atoms with van der Waals surface area (Å²) in [6, 6.07) is 18.6. The van der Waals surface area contributed by atoms with E-state index in [2.05, 4.69) is 13.8 Å². The molecule has 0 fully saturated rings. The Labute approximate surface area is 213 Å². The van der Waals surface area contributed by atoms with Crippen LogP contribution in [0.1, 0.15) is 41.0 Å². The first-order chi connectivity index (χ1) is 17.2. The van der Waals surface area contributed by atoms with Crippen LogP contribution in [0.4, 0.5) is 0 Å². The second kappa shape index (κ2) is 11.9. The van der Waals surface area contributed by atoms with Crippen molar-refractivity contribution in [1.82, 2.24) is 0 Å². The molecule has 2 aromatic carbocycles. The van der Waals surface area contributed by atoms with Crippen molar-refractivity contribution in [2.24, 2.45) is 11.3 Å². The van der Waals surface area contributed by atoms with Crippen molar-refractivity contribution < 1.29 is 23.8 Å². The fourth-order valence-electron chi connectivity index (χ4n) is 4.22. The van der Waals surface area contributed by atoms with E-state index in [-0.39, 0.29) is 22.9 Å². The molecule has 0 aromatic heterocycles. The Kier molecular flexibility index (Phi) is 8.97. The second-order valence-electron chi connectivity index (χ2n) is 9.29. The van der Waals surface area contributed by atoms with Gasteiger partial charge in [0.25, 0.3) is 0 Å². The summed E-state index contributed by atoms with van der Waals surface area (Å²) in [6.45, 7) is 4.18. The first-order valence-corrected chi connectivity index (χ1v) is 11.9. The topological polar surface area (TPSA) is 61.8 Å². The Morgan fingerprint density at radius 2 is 1.31 bits per heavy atom. The molecule has 0 aliphatic heterocycles. The van der Waals surface area contributed by atoms with Crippen LogP contribution in [0.2, 0.25) is 0 Å². The predicted molar refractivity (Wildman–Crippen MR) is 142 cm³/mol. The zero-order valence-corrected chi connectivity index (χ0v) is 21.6. The minimum atomic E-state index is -0.840. The lowest BCUT2D eigenvalue weighted by molar-refractivity contribution is -0.134. The monoisotopic (exact) mass is 486 g/mol. The van der Waals surface area contributed by atoms with Gasteiger partial charge in [-0.05, 0) is 24.6 Å². The maximum atomic E-state index is 12.3. The molecule has 0 saturated carbocycles. The van der Waals surface area contributed by atoms with E-state index in [1.165, 1.54) is 0 Å². The molecule has 0 radical (unpaired) electrons. The number of carbonyl (C=O) groups excluding carboxylic acids is 2. The van der Waals surface area contributed by atoms with E-state index in [0.29, 0.717) is 12.0 Å². The third-order valence-corrected chi connectivity index (χ3v) is 6.35. The van der Waals surface area contributed by atoms with Gasteiger partial charge in [0, 0.05) is 36.3 Å². The normalized spacial score (nSPS) is 17.8. The number of hydrogen-bond acceptors (Lipinski definition) is 5. The molecule has 0 bridgehead atoms. The highest BCUT2D eigenvalue weighted by Crippen LogP contribution is 2.38. The quantitative estimate of drug-likeness (QED) is 0.259. The summed E-state index contributed by atoms with van der Waals surface area (Å²) < 4.78 is 15.9. The molecule has 0 unspecified atom stereocenters. The van der Waals surface area contributed by atoms with Gasteiger partial charge in [0.15, 0.2) is 11.6 Å². The van der Waals surface area contributed by atoms with Gasteiger partial charge in [-0.3, -0.25) is 9.59 Å². The van der Waals surface area contributed by atoms with Crippen LogP contribution in [0, 0.1) is 11.3 Å². The van der Waals surface area contributed by atoms with E-state index in [1.54, 1.807) is 33.5 Å². The largest absolute Gasteiger partial charge is 0.501 e. The van der Waals surface area contributed by atoms with Crippen molar-refractivity contribution in [3.63, 3.8) is 0 Å². The van der Waals surface area contributed by atoms with Gasteiger partial charge in [0.2, 0.25) is 5.79 Å². The minimum Gasteiger partial charge on any atom is -0.501 e. The number of hydrogen-bond donors (Lipinski definition) is 0. The Hall–Kier alpha value is -3.54. The summed E-state index contributed by atoms with van der Waals surface area (Å²) in [5.41, 5.74) is 2.17. The number of ketones is 2. The molecule has 2 aliphatic rings. The van der Waals surface area contributed by atoms with Crippen molar-refractivity contribution >= 4 is 11.6 Å². The molecule has 0 amide bonds. The highest BCUT2D eigenvalue weighted by molar-refractivity contribution is 6.09. The maximum Gasteiger partial charge on any atom is 0.207 e. The highest BCUT2D eigenvalue weighted by atomic mass is 16.7. The van der Waals surface area contributed by atoms with Gasteiger partial charge in [-0.15, -0.1) is 0 Å². The molecule has 0 heterocycles. The first-order valence-electron chi connectivity index (χ1n) is 11.9. The molecule has 0 atom stereocenters. The van der Waals surface area contributed by atoms with Crippen LogP contribution in [0.5, 0.6) is 0 Å². The molecular weight excluding hydrogens is 452 g/mol. The van der Waals surface area contributed by atoms with Crippen molar-refractivity contribution in [3.8, 4) is 0 Å². The number of ether oxygens (including phenoxy) is 3. The second-order valence-corrected chi connectivity index (χ2v) is 9.29. The molecule has 0 saturated heterocycles. The highest BCUT2D eigenvalue weighted by Gasteiger charge is 2.31. The number of carbonyl (C=O) groups is 2. The minimum absolute atomic E-state index is 0.0731. The number of benzene rings is 2. The third kappa shape index (κ3) is 6.36. The van der Waals surface area contributed by atoms with Crippen LogP contribution in [0.3, 0.4) is 0 Å². The van der Waals surface area contributed by atoms with Gasteiger partial charge < -0.3 is 14.2 Å². The number of allylic oxidation sites excluding steroid dienone is 6. The van der Waals surface area contributed by atoms with E-state index in [9.17, 15) is 9.59 Å². The van der Waals surface area contributed by atoms with E-state index < -0.39 is 5.79 Å². The molecule has 5 heteroatoms. The van der Waals surface area contributed by atoms with Crippen LogP contribution in [0.15, 0.2) is 108 Å². The fourth-order valence-corrected chi connectivity index (χ4v) is 4.22. The zero-order chi connectivity index (χ0) is 26.2. The SMILES string of the molecule is COC1(OC)C=CC(C(=O)c2ccccc2)C=C1.COC1=CC=C(C(=O)c2ccccc2)CC1(C)C. The van der Waals surface area contributed by atoms with Crippen LogP contribution < -0.4 is 0 Å². The van der Waals surface area contributed by atoms with Gasteiger partial charge in [-0.2, -0.15) is 0 Å². The Morgan fingerprint density at radius 1 is 0.778 bits per heavy atom. The van der Waals surface area contributed by atoms with E-state index in [1.807, 2.05) is 85.0 Å². The van der Waals surface area contributed by atoms with Crippen molar-refractivity contribution in [2.45, 2.75) is 26.1 Å². The lowest BCUT2D eigenvalue weighted by Gasteiger charge is -2.30. The summed E-state index contributed by atoms with van der Waals surface area (Å²) in [5.74, 6) is 0.00456. The zero-order valence-electron chi connectivity index (χ0n) is 21.6. The van der Waals surface area contributed by atoms with Gasteiger partial charge in [-0.1, -0.05) is 92.7 Å². The van der Waals surface area contributed by atoms with Crippen molar-refractivity contribution in [1.29, 1.82) is 0 Å². The fraction of sp³-hybridized carbons (Fsp3) is 0.290. The van der Waals surface area contributed by atoms with E-state index >= 15 is 0 Å². The van der Waals surface area contributed by atoms with E-state index in [0.717, 1.165) is 16.9 Å². The molecule has 0 N–H and O–H groups in total. The van der Waals surface area contributed by atoms with Gasteiger partial charge in [0.05, 0.1) is 13.0 Å². The lowest BCUT2D eigenvalue weighted by Crippen LogP contribution is -2.31. The number of rotatable bonds is 7. The van der Waals surface area contributed by atoms with Gasteiger partial charge in [-0.25, -0.2) is 0 Å². The summed E-state index contributed by atoms with van der Waals surface area (Å²) in [4.78, 5) is 24.5. The summed E-state index contributed by atoms with van der Waals surface area (Å²) in [7, 11) is 4.81. The number of Topliss-reactive ketones (excluding diaryl/α,β-unsaturated/α-hetero) is 2. The average molecular weight is 487 g/mol. The molecular formula is C31H34O5. The summed E-state index contributed by atoms with van der Waals surface area (Å²) in [6.07, 6.45) is 11.6. The number of methoxy groups -OCH3 is 3. The molecule has 2 aliphatic carbocycles. The summed E-state index contributed by atoms with van der Waals surface area (Å²) >= 11 is 0. The maximum absolute atomic E-state index is 12.3. The predicted octanol–water partition coefficient (Wildman–Crippen LogP) is 6.36. The Balaban J connectivity index is 0.000000201.